The number of rotatable bonds is 2. The fraction of sp³-hybridized carbons (Fsp3) is 0.105. The van der Waals surface area contributed by atoms with Crippen LogP contribution in [-0.2, 0) is 0 Å². The molecular formula is C19H7N11. The van der Waals surface area contributed by atoms with E-state index in [4.69, 9.17) is 16.3 Å². The largest absolute Gasteiger partial charge is 0.395 e. The van der Waals surface area contributed by atoms with E-state index >= 15 is 0 Å². The van der Waals surface area contributed by atoms with Gasteiger partial charge in [-0.3, -0.25) is 4.99 Å². The van der Waals surface area contributed by atoms with Crippen LogP contribution < -0.4 is 11.1 Å². The number of aromatic nitrogens is 2. The van der Waals surface area contributed by atoms with Crippen LogP contribution in [0.2, 0.25) is 0 Å². The van der Waals surface area contributed by atoms with Crippen LogP contribution in [0.4, 0.5) is 17.1 Å². The molecule has 0 saturated carbocycles. The highest BCUT2D eigenvalue weighted by Gasteiger charge is 2.28. The second-order valence-electron chi connectivity index (χ2n) is 5.82. The SMILES string of the molecule is N#CC1=Cc2c(c(N)c(N=CC(C#N)C#N)c3nc(C#N)c(C#N)nc23)NC1C#N. The van der Waals surface area contributed by atoms with Crippen molar-refractivity contribution in [3.05, 3.63) is 22.5 Å². The highest BCUT2D eigenvalue weighted by atomic mass is 15.0. The number of fused-ring (bicyclic) bond motifs is 3. The number of nitriles is 6. The van der Waals surface area contributed by atoms with Crippen molar-refractivity contribution >= 4 is 40.4 Å². The smallest absolute Gasteiger partial charge is 0.177 e. The molecule has 1 unspecified atom stereocenters. The number of benzene rings is 1. The van der Waals surface area contributed by atoms with E-state index in [9.17, 15) is 21.0 Å². The highest BCUT2D eigenvalue weighted by molar-refractivity contribution is 6.08. The van der Waals surface area contributed by atoms with Gasteiger partial charge >= 0.3 is 0 Å². The van der Waals surface area contributed by atoms with Crippen molar-refractivity contribution in [3.63, 3.8) is 0 Å². The van der Waals surface area contributed by atoms with Gasteiger partial charge in [0, 0.05) is 11.8 Å². The van der Waals surface area contributed by atoms with Gasteiger partial charge < -0.3 is 11.1 Å². The van der Waals surface area contributed by atoms with Crippen molar-refractivity contribution < 1.29 is 0 Å². The maximum Gasteiger partial charge on any atom is 0.177 e. The molecular weight excluding hydrogens is 382 g/mol. The monoisotopic (exact) mass is 389 g/mol. The molecule has 1 atom stereocenters. The molecule has 2 aromatic rings. The third kappa shape index (κ3) is 2.94. The molecule has 0 saturated heterocycles. The average molecular weight is 389 g/mol. The zero-order valence-corrected chi connectivity index (χ0v) is 14.9. The van der Waals surface area contributed by atoms with E-state index in [1.165, 1.54) is 6.08 Å². The maximum atomic E-state index is 9.34. The van der Waals surface area contributed by atoms with E-state index in [0.29, 0.717) is 5.56 Å². The molecule has 138 valence electrons. The van der Waals surface area contributed by atoms with Crippen molar-refractivity contribution in [1.29, 1.82) is 31.6 Å². The molecule has 1 aliphatic heterocycles. The van der Waals surface area contributed by atoms with Gasteiger partial charge in [0.05, 0.1) is 41.2 Å². The van der Waals surface area contributed by atoms with Gasteiger partial charge in [0.1, 0.15) is 34.9 Å². The Morgan fingerprint density at radius 2 is 1.63 bits per heavy atom. The van der Waals surface area contributed by atoms with Crippen molar-refractivity contribution in [2.45, 2.75) is 6.04 Å². The standard InChI is InChI=1S/C19H7N11/c20-2-9(3-21)8-27-18-15(26)16-11(1-10(4-22)12(5-23)28-16)17-19(18)30-14(7-25)13(6-24)29-17/h1,8-9,12,28H,26H2. The first-order valence-electron chi connectivity index (χ1n) is 8.11. The molecule has 0 amide bonds. The van der Waals surface area contributed by atoms with Gasteiger partial charge in [-0.25, -0.2) is 9.97 Å². The molecule has 0 fully saturated rings. The lowest BCUT2D eigenvalue weighted by molar-refractivity contribution is 1.06. The van der Waals surface area contributed by atoms with E-state index in [1.807, 2.05) is 12.1 Å². The lowest BCUT2D eigenvalue weighted by Crippen LogP contribution is -2.24. The Balaban J connectivity index is 2.47. The molecule has 0 aliphatic carbocycles. The Morgan fingerprint density at radius 1 is 1.00 bits per heavy atom. The number of nitrogens with one attached hydrogen (secondary N) is 1. The number of hydrogen-bond donors (Lipinski definition) is 2. The maximum absolute atomic E-state index is 9.34. The van der Waals surface area contributed by atoms with E-state index in [2.05, 4.69) is 20.3 Å². The Kier molecular flexibility index (Phi) is 4.90. The second-order valence-corrected chi connectivity index (χ2v) is 5.82. The highest BCUT2D eigenvalue weighted by Crippen LogP contribution is 2.44. The minimum absolute atomic E-state index is 0.00531. The number of nitrogens with two attached hydrogens (primary N) is 1. The van der Waals surface area contributed by atoms with Crippen LogP contribution in [0.1, 0.15) is 17.0 Å². The van der Waals surface area contributed by atoms with E-state index < -0.39 is 12.0 Å². The summed E-state index contributed by atoms with van der Waals surface area (Å²) in [7, 11) is 0. The first-order chi connectivity index (χ1) is 14.5. The van der Waals surface area contributed by atoms with Crippen LogP contribution in [0, 0.1) is 73.9 Å². The third-order valence-electron chi connectivity index (χ3n) is 4.17. The summed E-state index contributed by atoms with van der Waals surface area (Å²) in [4.78, 5) is 12.4. The van der Waals surface area contributed by atoms with Gasteiger partial charge in [0.2, 0.25) is 0 Å². The summed E-state index contributed by atoms with van der Waals surface area (Å²) in [5.74, 6) is -1.16. The molecule has 3 N–H and O–H groups in total. The Bertz CT molecular complexity index is 1390. The van der Waals surface area contributed by atoms with Crippen LogP contribution in [0.5, 0.6) is 0 Å². The van der Waals surface area contributed by atoms with Gasteiger partial charge in [0.25, 0.3) is 0 Å². The number of hydrogen-bond acceptors (Lipinski definition) is 11. The fourth-order valence-electron chi connectivity index (χ4n) is 2.78. The summed E-state index contributed by atoms with van der Waals surface area (Å²) in [5, 5.41) is 58.0. The number of nitrogen functional groups attached to an aromatic ring is 1. The zero-order valence-electron chi connectivity index (χ0n) is 14.9. The predicted molar refractivity (Wildman–Crippen MR) is 103 cm³/mol. The van der Waals surface area contributed by atoms with Crippen LogP contribution in [0.25, 0.3) is 17.1 Å². The van der Waals surface area contributed by atoms with Crippen LogP contribution in [0.3, 0.4) is 0 Å². The zero-order chi connectivity index (χ0) is 21.8. The lowest BCUT2D eigenvalue weighted by Gasteiger charge is -2.23. The van der Waals surface area contributed by atoms with E-state index in [-0.39, 0.29) is 45.1 Å². The van der Waals surface area contributed by atoms with Crippen LogP contribution in [0.15, 0.2) is 10.6 Å². The number of anilines is 2. The minimum atomic E-state index is -1.16. The fourth-order valence-corrected chi connectivity index (χ4v) is 2.78. The minimum Gasteiger partial charge on any atom is -0.395 e. The number of aliphatic imine (C=N–C) groups is 1. The molecule has 11 nitrogen and oxygen atoms in total. The number of nitrogens with zero attached hydrogens (tertiary/aromatic N) is 9. The molecule has 30 heavy (non-hydrogen) atoms. The Labute approximate surface area is 169 Å². The van der Waals surface area contributed by atoms with Crippen molar-refractivity contribution in [1.82, 2.24) is 9.97 Å². The van der Waals surface area contributed by atoms with Crippen molar-refractivity contribution in [2.75, 3.05) is 11.1 Å². The van der Waals surface area contributed by atoms with Crippen LogP contribution in [-0.4, -0.2) is 22.2 Å². The summed E-state index contributed by atoms with van der Waals surface area (Å²) in [6.07, 6.45) is 2.46. The van der Waals surface area contributed by atoms with Gasteiger partial charge in [-0.05, 0) is 6.08 Å². The molecule has 1 aliphatic rings. The molecule has 0 spiro atoms. The molecule has 0 radical (unpaired) electrons. The Hall–Kier alpha value is -5.49. The quantitative estimate of drug-likeness (QED) is 0.557. The van der Waals surface area contributed by atoms with E-state index in [0.717, 1.165) is 6.21 Å². The Morgan fingerprint density at radius 3 is 2.17 bits per heavy atom. The van der Waals surface area contributed by atoms with Crippen molar-refractivity contribution in [3.8, 4) is 36.4 Å². The summed E-state index contributed by atoms with van der Waals surface area (Å²) in [6, 6.07) is 9.90. The van der Waals surface area contributed by atoms with E-state index in [1.54, 1.807) is 24.3 Å². The van der Waals surface area contributed by atoms with Crippen LogP contribution >= 0.6 is 0 Å². The summed E-state index contributed by atoms with van der Waals surface area (Å²) < 4.78 is 0. The van der Waals surface area contributed by atoms with Gasteiger partial charge in [-0.15, -0.1) is 0 Å². The first-order valence-corrected chi connectivity index (χ1v) is 8.11. The van der Waals surface area contributed by atoms with Crippen molar-refractivity contribution in [2.24, 2.45) is 10.9 Å². The predicted octanol–water partition coefficient (Wildman–Crippen LogP) is 1.55. The second kappa shape index (κ2) is 7.63. The summed E-state index contributed by atoms with van der Waals surface area (Å²) in [6.45, 7) is 0. The first kappa shape index (κ1) is 19.3. The lowest BCUT2D eigenvalue weighted by atomic mass is 9.96. The average Bonchev–Trinajstić information content (AvgIpc) is 2.79. The molecule has 3 rings (SSSR count). The molecule has 2 heterocycles. The third-order valence-corrected chi connectivity index (χ3v) is 4.17. The summed E-state index contributed by atoms with van der Waals surface area (Å²) in [5.41, 5.74) is 6.52. The molecule has 1 aromatic carbocycles. The van der Waals surface area contributed by atoms with Gasteiger partial charge in [-0.2, -0.15) is 31.6 Å². The normalized spacial score (nSPS) is 14.2. The molecule has 1 aromatic heterocycles. The summed E-state index contributed by atoms with van der Waals surface area (Å²) >= 11 is 0. The topological polar surface area (TPSA) is 219 Å². The van der Waals surface area contributed by atoms with Gasteiger partial charge in [0.15, 0.2) is 17.3 Å². The molecule has 0 bridgehead atoms. The molecule has 11 heteroatoms. The van der Waals surface area contributed by atoms with Gasteiger partial charge in [-0.1, -0.05) is 0 Å².